The molecule has 0 atom stereocenters. The minimum atomic E-state index is -0.541. The molecule has 10 heteroatoms. The van der Waals surface area contributed by atoms with E-state index >= 15 is 0 Å². The first-order valence-corrected chi connectivity index (χ1v) is 9.74. The number of nitrogens with zero attached hydrogens (tertiary/aromatic N) is 3. The smallest absolute Gasteiger partial charge is 0.275 e. The number of aryl methyl sites for hydroxylation is 2. The average Bonchev–Trinajstić information content (AvgIpc) is 3.04. The lowest BCUT2D eigenvalue weighted by Crippen LogP contribution is -2.15. The SMILES string of the molecule is COc1ccc(Oc2cc(NC(=O)CCn3cc(Br)c(C)n3)cc([N+](=O)[O-])c2)cc1. The number of anilines is 1. The summed E-state index contributed by atoms with van der Waals surface area (Å²) in [6.45, 7) is 2.23. The summed E-state index contributed by atoms with van der Waals surface area (Å²) < 4.78 is 13.3. The number of halogens is 1. The van der Waals surface area contributed by atoms with E-state index in [4.69, 9.17) is 9.47 Å². The number of non-ortho nitro benzene ring substituents is 1. The standard InChI is InChI=1S/C20H19BrN4O5/c1-13-19(21)12-24(23-13)8-7-20(26)22-14-9-15(25(27)28)11-18(10-14)30-17-5-3-16(29-2)4-6-17/h3-6,9-12H,7-8H2,1-2H3,(H,22,26). The number of carbonyl (C=O) groups is 1. The van der Waals surface area contributed by atoms with Crippen LogP contribution in [-0.4, -0.2) is 27.7 Å². The third kappa shape index (κ3) is 5.57. The Morgan fingerprint density at radius 1 is 1.20 bits per heavy atom. The van der Waals surface area contributed by atoms with E-state index in [9.17, 15) is 14.9 Å². The lowest BCUT2D eigenvalue weighted by Gasteiger charge is -2.10. The van der Waals surface area contributed by atoms with Gasteiger partial charge in [-0.25, -0.2) is 0 Å². The maximum atomic E-state index is 12.3. The number of carbonyl (C=O) groups excluding carboxylic acids is 1. The van der Waals surface area contributed by atoms with Crippen LogP contribution in [0.3, 0.4) is 0 Å². The number of nitrogens with one attached hydrogen (secondary N) is 1. The third-order valence-electron chi connectivity index (χ3n) is 4.14. The van der Waals surface area contributed by atoms with Crippen molar-refractivity contribution in [3.8, 4) is 17.2 Å². The van der Waals surface area contributed by atoms with Crippen LogP contribution in [0.15, 0.2) is 53.1 Å². The second-order valence-electron chi connectivity index (χ2n) is 6.37. The van der Waals surface area contributed by atoms with Crippen LogP contribution >= 0.6 is 15.9 Å². The fourth-order valence-corrected chi connectivity index (χ4v) is 2.96. The van der Waals surface area contributed by atoms with Gasteiger partial charge in [0.2, 0.25) is 5.91 Å². The first kappa shape index (κ1) is 21.3. The average molecular weight is 475 g/mol. The van der Waals surface area contributed by atoms with Gasteiger partial charge in [0.25, 0.3) is 5.69 Å². The Labute approximate surface area is 180 Å². The van der Waals surface area contributed by atoms with Gasteiger partial charge >= 0.3 is 0 Å². The van der Waals surface area contributed by atoms with Crippen molar-refractivity contribution >= 4 is 33.2 Å². The summed E-state index contributed by atoms with van der Waals surface area (Å²) in [5.74, 6) is 1.08. The van der Waals surface area contributed by atoms with Crippen molar-refractivity contribution in [2.75, 3.05) is 12.4 Å². The molecule has 3 rings (SSSR count). The molecule has 1 aromatic heterocycles. The molecule has 3 aromatic rings. The van der Waals surface area contributed by atoms with E-state index in [0.29, 0.717) is 18.0 Å². The monoisotopic (exact) mass is 474 g/mol. The first-order valence-electron chi connectivity index (χ1n) is 8.95. The van der Waals surface area contributed by atoms with Gasteiger partial charge in [0.05, 0.1) is 34.0 Å². The van der Waals surface area contributed by atoms with Gasteiger partial charge in [-0.3, -0.25) is 19.6 Å². The summed E-state index contributed by atoms with van der Waals surface area (Å²) in [5, 5.41) is 18.2. The molecule has 30 heavy (non-hydrogen) atoms. The number of nitro groups is 1. The van der Waals surface area contributed by atoms with Crippen molar-refractivity contribution in [2.45, 2.75) is 19.9 Å². The van der Waals surface area contributed by atoms with Gasteiger partial charge in [0, 0.05) is 31.3 Å². The van der Waals surface area contributed by atoms with Crippen LogP contribution < -0.4 is 14.8 Å². The van der Waals surface area contributed by atoms with E-state index in [1.54, 1.807) is 42.3 Å². The molecule has 1 N–H and O–H groups in total. The van der Waals surface area contributed by atoms with Gasteiger partial charge in [-0.15, -0.1) is 0 Å². The largest absolute Gasteiger partial charge is 0.497 e. The summed E-state index contributed by atoms with van der Waals surface area (Å²) in [6, 6.07) is 10.9. The van der Waals surface area contributed by atoms with Crippen LogP contribution in [-0.2, 0) is 11.3 Å². The molecular formula is C20H19BrN4O5. The zero-order valence-corrected chi connectivity index (χ0v) is 17.9. The van der Waals surface area contributed by atoms with Crippen LogP contribution in [0.4, 0.5) is 11.4 Å². The molecule has 1 heterocycles. The summed E-state index contributed by atoms with van der Waals surface area (Å²) in [7, 11) is 1.55. The summed E-state index contributed by atoms with van der Waals surface area (Å²) in [5.41, 5.74) is 0.910. The van der Waals surface area contributed by atoms with Crippen molar-refractivity contribution in [1.29, 1.82) is 0 Å². The van der Waals surface area contributed by atoms with Gasteiger partial charge in [0.15, 0.2) is 0 Å². The molecule has 0 aliphatic carbocycles. The highest BCUT2D eigenvalue weighted by molar-refractivity contribution is 9.10. The van der Waals surface area contributed by atoms with Gasteiger partial charge in [0.1, 0.15) is 17.2 Å². The van der Waals surface area contributed by atoms with Gasteiger partial charge in [-0.2, -0.15) is 5.10 Å². The number of amides is 1. The molecule has 0 radical (unpaired) electrons. The van der Waals surface area contributed by atoms with E-state index in [0.717, 1.165) is 10.2 Å². The molecular weight excluding hydrogens is 456 g/mol. The maximum Gasteiger partial charge on any atom is 0.275 e. The Kier molecular flexibility index (Phi) is 6.68. The van der Waals surface area contributed by atoms with E-state index in [-0.39, 0.29) is 29.5 Å². The van der Waals surface area contributed by atoms with Crippen LogP contribution in [0.2, 0.25) is 0 Å². The Hall–Kier alpha value is -3.40. The Morgan fingerprint density at radius 2 is 1.90 bits per heavy atom. The zero-order chi connectivity index (χ0) is 21.7. The Bertz CT molecular complexity index is 1050. The lowest BCUT2D eigenvalue weighted by molar-refractivity contribution is -0.384. The topological polar surface area (TPSA) is 109 Å². The molecule has 1 amide bonds. The highest BCUT2D eigenvalue weighted by Crippen LogP contribution is 2.30. The number of aromatic nitrogens is 2. The third-order valence-corrected chi connectivity index (χ3v) is 4.91. The second-order valence-corrected chi connectivity index (χ2v) is 7.23. The van der Waals surface area contributed by atoms with Crippen LogP contribution in [0.1, 0.15) is 12.1 Å². The van der Waals surface area contributed by atoms with Crippen molar-refractivity contribution in [3.63, 3.8) is 0 Å². The molecule has 156 valence electrons. The zero-order valence-electron chi connectivity index (χ0n) is 16.3. The molecule has 0 unspecified atom stereocenters. The van der Waals surface area contributed by atoms with E-state index in [2.05, 4.69) is 26.3 Å². The first-order chi connectivity index (χ1) is 14.3. The summed E-state index contributed by atoms with van der Waals surface area (Å²) in [4.78, 5) is 23.0. The van der Waals surface area contributed by atoms with Gasteiger partial charge in [-0.1, -0.05) is 0 Å². The highest BCUT2D eigenvalue weighted by atomic mass is 79.9. The molecule has 2 aromatic carbocycles. The summed E-state index contributed by atoms with van der Waals surface area (Å²) >= 11 is 3.37. The van der Waals surface area contributed by atoms with Crippen molar-refractivity contribution in [3.05, 3.63) is 68.9 Å². The number of ether oxygens (including phenoxy) is 2. The fraction of sp³-hybridized carbons (Fsp3) is 0.200. The van der Waals surface area contributed by atoms with Crippen LogP contribution in [0.25, 0.3) is 0 Å². The number of rotatable bonds is 8. The number of hydrogen-bond acceptors (Lipinski definition) is 6. The van der Waals surface area contributed by atoms with Gasteiger partial charge in [-0.05, 0) is 47.1 Å². The molecule has 0 aliphatic heterocycles. The molecule has 0 fully saturated rings. The van der Waals surface area contributed by atoms with Crippen molar-refractivity contribution in [2.24, 2.45) is 0 Å². The lowest BCUT2D eigenvalue weighted by atomic mass is 10.2. The fourth-order valence-electron chi connectivity index (χ4n) is 2.65. The molecule has 9 nitrogen and oxygen atoms in total. The maximum absolute atomic E-state index is 12.3. The Balaban J connectivity index is 1.71. The Morgan fingerprint density at radius 3 is 2.50 bits per heavy atom. The normalized spacial score (nSPS) is 10.5. The van der Waals surface area contributed by atoms with Crippen LogP contribution in [0.5, 0.6) is 17.2 Å². The quantitative estimate of drug-likeness (QED) is 0.374. The molecule has 0 saturated carbocycles. The van der Waals surface area contributed by atoms with Crippen molar-refractivity contribution in [1.82, 2.24) is 9.78 Å². The predicted octanol–water partition coefficient (Wildman–Crippen LogP) is 4.69. The number of benzene rings is 2. The minimum Gasteiger partial charge on any atom is -0.497 e. The molecule has 0 aliphatic rings. The molecule has 0 saturated heterocycles. The summed E-state index contributed by atoms with van der Waals surface area (Å²) in [6.07, 6.45) is 1.95. The van der Waals surface area contributed by atoms with E-state index < -0.39 is 4.92 Å². The van der Waals surface area contributed by atoms with E-state index in [1.165, 1.54) is 18.2 Å². The number of methoxy groups -OCH3 is 1. The predicted molar refractivity (Wildman–Crippen MR) is 114 cm³/mol. The van der Waals surface area contributed by atoms with Crippen molar-refractivity contribution < 1.29 is 19.2 Å². The molecule has 0 bridgehead atoms. The number of nitro benzene ring substituents is 1. The number of hydrogen-bond donors (Lipinski definition) is 1. The van der Waals surface area contributed by atoms with E-state index in [1.807, 2.05) is 6.92 Å². The second kappa shape index (κ2) is 9.40. The highest BCUT2D eigenvalue weighted by Gasteiger charge is 2.14. The molecule has 0 spiro atoms. The van der Waals surface area contributed by atoms with Crippen LogP contribution in [0, 0.1) is 17.0 Å². The van der Waals surface area contributed by atoms with Gasteiger partial charge < -0.3 is 14.8 Å². The minimum absolute atomic E-state index is 0.158.